The maximum absolute atomic E-state index is 12.2. The third kappa shape index (κ3) is 3.19. The molecule has 0 radical (unpaired) electrons. The highest BCUT2D eigenvalue weighted by molar-refractivity contribution is 7.88. The first-order chi connectivity index (χ1) is 12.4. The molecule has 0 unspecified atom stereocenters. The largest absolute Gasteiger partial charge is 0.337 e. The SMILES string of the molecule is Cn1cncc1CN1CCC2(CC1)CN(S(C)(=O)=O)Cc1ccccc12. The minimum absolute atomic E-state index is 0.0686. The minimum atomic E-state index is -3.20. The van der Waals surface area contributed by atoms with Crippen LogP contribution in [0, 0.1) is 0 Å². The molecule has 140 valence electrons. The maximum Gasteiger partial charge on any atom is 0.211 e. The number of aromatic nitrogens is 2. The molecule has 26 heavy (non-hydrogen) atoms. The van der Waals surface area contributed by atoms with Crippen molar-refractivity contribution < 1.29 is 8.42 Å². The van der Waals surface area contributed by atoms with Gasteiger partial charge in [-0.25, -0.2) is 13.4 Å². The zero-order chi connectivity index (χ0) is 18.4. The van der Waals surface area contributed by atoms with Crippen molar-refractivity contribution in [2.24, 2.45) is 7.05 Å². The van der Waals surface area contributed by atoms with Gasteiger partial charge in [-0.2, -0.15) is 4.31 Å². The Labute approximate surface area is 155 Å². The van der Waals surface area contributed by atoms with E-state index < -0.39 is 10.0 Å². The fraction of sp³-hybridized carbons (Fsp3) is 0.526. The van der Waals surface area contributed by atoms with Crippen LogP contribution in [0.3, 0.4) is 0 Å². The van der Waals surface area contributed by atoms with Gasteiger partial charge in [0, 0.05) is 38.3 Å². The summed E-state index contributed by atoms with van der Waals surface area (Å²) in [4.78, 5) is 6.65. The topological polar surface area (TPSA) is 58.4 Å². The second-order valence-corrected chi connectivity index (χ2v) is 9.72. The third-order valence-corrected chi connectivity index (χ3v) is 7.19. The quantitative estimate of drug-likeness (QED) is 0.821. The molecule has 1 aromatic heterocycles. The molecule has 0 bridgehead atoms. The number of rotatable bonds is 3. The minimum Gasteiger partial charge on any atom is -0.337 e. The number of fused-ring (bicyclic) bond motifs is 2. The summed E-state index contributed by atoms with van der Waals surface area (Å²) in [6.07, 6.45) is 7.04. The van der Waals surface area contributed by atoms with E-state index in [9.17, 15) is 8.42 Å². The monoisotopic (exact) mass is 374 g/mol. The summed E-state index contributed by atoms with van der Waals surface area (Å²) < 4.78 is 28.2. The van der Waals surface area contributed by atoms with E-state index in [-0.39, 0.29) is 5.41 Å². The molecule has 0 atom stereocenters. The van der Waals surface area contributed by atoms with Gasteiger partial charge < -0.3 is 4.57 Å². The molecular formula is C19H26N4O2S. The van der Waals surface area contributed by atoms with Crippen LogP contribution in [0.4, 0.5) is 0 Å². The van der Waals surface area contributed by atoms with Crippen molar-refractivity contribution in [1.82, 2.24) is 18.8 Å². The van der Waals surface area contributed by atoms with Crippen LogP contribution in [0.15, 0.2) is 36.8 Å². The van der Waals surface area contributed by atoms with Crippen LogP contribution in [-0.2, 0) is 35.6 Å². The summed E-state index contributed by atoms with van der Waals surface area (Å²) in [6, 6.07) is 8.37. The lowest BCUT2D eigenvalue weighted by Crippen LogP contribution is -2.52. The molecule has 6 nitrogen and oxygen atoms in total. The van der Waals surface area contributed by atoms with E-state index in [2.05, 4.69) is 32.7 Å². The van der Waals surface area contributed by atoms with E-state index in [1.807, 2.05) is 25.6 Å². The van der Waals surface area contributed by atoms with Crippen molar-refractivity contribution in [3.63, 3.8) is 0 Å². The van der Waals surface area contributed by atoms with Gasteiger partial charge in [-0.1, -0.05) is 24.3 Å². The molecule has 3 heterocycles. The van der Waals surface area contributed by atoms with Crippen LogP contribution in [0.2, 0.25) is 0 Å². The van der Waals surface area contributed by atoms with Crippen LogP contribution < -0.4 is 0 Å². The highest BCUT2D eigenvalue weighted by Gasteiger charge is 2.43. The average Bonchev–Trinajstić information content (AvgIpc) is 3.01. The van der Waals surface area contributed by atoms with Crippen molar-refractivity contribution in [3.8, 4) is 0 Å². The Kier molecular flexibility index (Phi) is 4.41. The predicted octanol–water partition coefficient (Wildman–Crippen LogP) is 1.73. The molecule has 0 saturated carbocycles. The van der Waals surface area contributed by atoms with Gasteiger partial charge in [0.05, 0.1) is 18.3 Å². The molecule has 1 aromatic carbocycles. The molecule has 2 aromatic rings. The summed E-state index contributed by atoms with van der Waals surface area (Å²) in [5.41, 5.74) is 3.65. The number of nitrogens with zero attached hydrogens (tertiary/aromatic N) is 4. The Morgan fingerprint density at radius 2 is 1.92 bits per heavy atom. The lowest BCUT2D eigenvalue weighted by Gasteiger charge is -2.48. The van der Waals surface area contributed by atoms with Crippen LogP contribution in [0.1, 0.15) is 29.7 Å². The molecule has 2 aliphatic rings. The van der Waals surface area contributed by atoms with Gasteiger partial charge in [0.2, 0.25) is 10.0 Å². The normalized spacial score (nSPS) is 21.0. The summed E-state index contributed by atoms with van der Waals surface area (Å²) >= 11 is 0. The Morgan fingerprint density at radius 1 is 1.19 bits per heavy atom. The van der Waals surface area contributed by atoms with Crippen molar-refractivity contribution in [2.45, 2.75) is 31.3 Å². The fourth-order valence-corrected chi connectivity index (χ4v) is 5.27. The van der Waals surface area contributed by atoms with Crippen LogP contribution in [0.5, 0.6) is 0 Å². The number of hydrogen-bond donors (Lipinski definition) is 0. The summed E-state index contributed by atoms with van der Waals surface area (Å²) in [5.74, 6) is 0. The van der Waals surface area contributed by atoms with Crippen LogP contribution in [0.25, 0.3) is 0 Å². The fourth-order valence-electron chi connectivity index (χ4n) is 4.41. The molecule has 0 aliphatic carbocycles. The number of sulfonamides is 1. The predicted molar refractivity (Wildman–Crippen MR) is 101 cm³/mol. The van der Waals surface area contributed by atoms with E-state index in [0.717, 1.165) is 38.0 Å². The van der Waals surface area contributed by atoms with E-state index >= 15 is 0 Å². The Balaban J connectivity index is 1.57. The number of piperidine rings is 1. The molecule has 7 heteroatoms. The number of likely N-dealkylation sites (tertiary alicyclic amines) is 1. The van der Waals surface area contributed by atoms with Gasteiger partial charge in [-0.3, -0.25) is 4.90 Å². The van der Waals surface area contributed by atoms with Gasteiger partial charge >= 0.3 is 0 Å². The zero-order valence-electron chi connectivity index (χ0n) is 15.4. The number of hydrogen-bond acceptors (Lipinski definition) is 4. The van der Waals surface area contributed by atoms with Gasteiger partial charge in [0.25, 0.3) is 0 Å². The van der Waals surface area contributed by atoms with E-state index in [0.29, 0.717) is 13.1 Å². The first-order valence-electron chi connectivity index (χ1n) is 9.08. The molecule has 4 rings (SSSR count). The van der Waals surface area contributed by atoms with E-state index in [1.165, 1.54) is 17.5 Å². The Hall–Kier alpha value is -1.70. The second-order valence-electron chi connectivity index (χ2n) is 7.74. The lowest BCUT2D eigenvalue weighted by molar-refractivity contribution is 0.123. The van der Waals surface area contributed by atoms with Gasteiger partial charge in [0.15, 0.2) is 0 Å². The van der Waals surface area contributed by atoms with Crippen molar-refractivity contribution in [2.75, 3.05) is 25.9 Å². The molecule has 0 amide bonds. The Bertz CT molecular complexity index is 898. The summed E-state index contributed by atoms with van der Waals surface area (Å²) in [5, 5.41) is 0. The number of imidazole rings is 1. The van der Waals surface area contributed by atoms with E-state index in [1.54, 1.807) is 4.31 Å². The highest BCUT2D eigenvalue weighted by Crippen LogP contribution is 2.42. The summed E-state index contributed by atoms with van der Waals surface area (Å²) in [7, 11) is -1.17. The van der Waals surface area contributed by atoms with Crippen molar-refractivity contribution in [1.29, 1.82) is 0 Å². The van der Waals surface area contributed by atoms with Gasteiger partial charge in [-0.05, 0) is 37.1 Å². The van der Waals surface area contributed by atoms with Crippen LogP contribution in [-0.4, -0.2) is 53.1 Å². The number of benzene rings is 1. The van der Waals surface area contributed by atoms with Gasteiger partial charge in [0.1, 0.15) is 0 Å². The van der Waals surface area contributed by atoms with Crippen LogP contribution >= 0.6 is 0 Å². The Morgan fingerprint density at radius 3 is 2.58 bits per heavy atom. The molecule has 0 N–H and O–H groups in total. The lowest BCUT2D eigenvalue weighted by atomic mass is 9.69. The molecular weight excluding hydrogens is 348 g/mol. The second kappa shape index (κ2) is 6.48. The first-order valence-corrected chi connectivity index (χ1v) is 10.9. The van der Waals surface area contributed by atoms with Gasteiger partial charge in [-0.15, -0.1) is 0 Å². The average molecular weight is 375 g/mol. The summed E-state index contributed by atoms with van der Waals surface area (Å²) in [6.45, 7) is 3.93. The maximum atomic E-state index is 12.2. The highest BCUT2D eigenvalue weighted by atomic mass is 32.2. The van der Waals surface area contributed by atoms with E-state index in [4.69, 9.17) is 0 Å². The first kappa shape index (κ1) is 17.7. The molecule has 1 fully saturated rings. The zero-order valence-corrected chi connectivity index (χ0v) is 16.2. The smallest absolute Gasteiger partial charge is 0.211 e. The number of aryl methyl sites for hydroxylation is 1. The molecule has 2 aliphatic heterocycles. The molecule has 1 saturated heterocycles. The van der Waals surface area contributed by atoms with Crippen molar-refractivity contribution >= 4 is 10.0 Å². The third-order valence-electron chi connectivity index (χ3n) is 6.00. The van der Waals surface area contributed by atoms with Crippen molar-refractivity contribution in [3.05, 3.63) is 53.6 Å². The molecule has 1 spiro atoms. The standard InChI is InChI=1S/C19H26N4O2S/c1-21-15-20-11-17(21)13-22-9-7-19(8-10-22)14-23(26(2,24)25)12-16-5-3-4-6-18(16)19/h3-6,11,15H,7-10,12-14H2,1-2H3.